The van der Waals surface area contributed by atoms with Gasteiger partial charge in [-0.3, -0.25) is 4.79 Å². The molecule has 0 radical (unpaired) electrons. The maximum atomic E-state index is 12.5. The van der Waals surface area contributed by atoms with E-state index in [1.807, 2.05) is 6.07 Å². The number of ether oxygens (including phenoxy) is 1. The first-order valence-corrected chi connectivity index (χ1v) is 8.77. The zero-order valence-electron chi connectivity index (χ0n) is 12.8. The summed E-state index contributed by atoms with van der Waals surface area (Å²) in [6.07, 6.45) is 0. The number of rotatable bonds is 6. The Labute approximate surface area is 136 Å². The van der Waals surface area contributed by atoms with Crippen molar-refractivity contribution in [3.63, 3.8) is 0 Å². The zero-order valence-corrected chi connectivity index (χ0v) is 13.6. The largest absolute Gasteiger partial charge is 0.469 e. The normalized spacial score (nSPS) is 14.0. The maximum Gasteiger partial charge on any atom is 0.314 e. The van der Waals surface area contributed by atoms with Gasteiger partial charge in [0.25, 0.3) is 0 Å². The van der Waals surface area contributed by atoms with Gasteiger partial charge in [-0.2, -0.15) is 0 Å². The molecule has 5 nitrogen and oxygen atoms in total. The van der Waals surface area contributed by atoms with Crippen molar-refractivity contribution in [2.45, 2.75) is 16.9 Å². The summed E-state index contributed by atoms with van der Waals surface area (Å²) in [6, 6.07) is 16.0. The lowest BCUT2D eigenvalue weighted by atomic mass is 9.93. The van der Waals surface area contributed by atoms with Crippen molar-refractivity contribution in [2.24, 2.45) is 5.73 Å². The van der Waals surface area contributed by atoms with Crippen LogP contribution in [-0.4, -0.2) is 33.3 Å². The monoisotopic (exact) mass is 333 g/mol. The van der Waals surface area contributed by atoms with Crippen LogP contribution in [-0.2, 0) is 19.4 Å². The first-order valence-electron chi connectivity index (χ1n) is 7.12. The molecule has 0 fully saturated rings. The molecule has 0 aliphatic carbocycles. The Kier molecular flexibility index (Phi) is 5.52. The second kappa shape index (κ2) is 7.39. The van der Waals surface area contributed by atoms with Crippen molar-refractivity contribution in [3.8, 4) is 0 Å². The van der Waals surface area contributed by atoms with E-state index in [0.717, 1.165) is 0 Å². The number of carbonyl (C=O) groups is 1. The highest BCUT2D eigenvalue weighted by molar-refractivity contribution is 7.91. The quantitative estimate of drug-likeness (QED) is 0.814. The van der Waals surface area contributed by atoms with Crippen molar-refractivity contribution in [3.05, 3.63) is 66.2 Å². The van der Waals surface area contributed by atoms with E-state index >= 15 is 0 Å². The topological polar surface area (TPSA) is 86.5 Å². The molecule has 6 heteroatoms. The Balaban J connectivity index is 2.28. The smallest absolute Gasteiger partial charge is 0.314 e. The summed E-state index contributed by atoms with van der Waals surface area (Å²) < 4.78 is 29.7. The van der Waals surface area contributed by atoms with Crippen LogP contribution in [0.15, 0.2) is 65.6 Å². The van der Waals surface area contributed by atoms with Crippen LogP contribution >= 0.6 is 0 Å². The van der Waals surface area contributed by atoms with Crippen molar-refractivity contribution in [1.82, 2.24) is 0 Å². The number of carbonyl (C=O) groups excluding carboxylic acids is 1. The van der Waals surface area contributed by atoms with Crippen LogP contribution in [0.1, 0.15) is 11.5 Å². The SMILES string of the molecule is COC(=O)C(c1ccccc1)C(N)CS(=O)(=O)c1ccccc1. The molecule has 0 saturated carbocycles. The number of methoxy groups -OCH3 is 1. The third-order valence-corrected chi connectivity index (χ3v) is 5.37. The Bertz CT molecular complexity index is 745. The number of hydrogen-bond donors (Lipinski definition) is 1. The van der Waals surface area contributed by atoms with Crippen molar-refractivity contribution in [2.75, 3.05) is 12.9 Å². The molecule has 2 N–H and O–H groups in total. The van der Waals surface area contributed by atoms with E-state index in [0.29, 0.717) is 5.56 Å². The van der Waals surface area contributed by atoms with Gasteiger partial charge in [0.15, 0.2) is 9.84 Å². The molecular weight excluding hydrogens is 314 g/mol. The number of hydrogen-bond acceptors (Lipinski definition) is 5. The fraction of sp³-hybridized carbons (Fsp3) is 0.235. The molecule has 0 spiro atoms. The molecule has 0 aliphatic heterocycles. The second-order valence-corrected chi connectivity index (χ2v) is 7.20. The van der Waals surface area contributed by atoms with Crippen LogP contribution < -0.4 is 5.73 Å². The lowest BCUT2D eigenvalue weighted by molar-refractivity contribution is -0.142. The lowest BCUT2D eigenvalue weighted by Gasteiger charge is -2.22. The van der Waals surface area contributed by atoms with Gasteiger partial charge in [-0.25, -0.2) is 8.42 Å². The average Bonchev–Trinajstić information content (AvgIpc) is 2.56. The molecule has 2 aromatic carbocycles. The molecule has 2 unspecified atom stereocenters. The standard InChI is InChI=1S/C17H19NO4S/c1-22-17(19)16(13-8-4-2-5-9-13)15(18)12-23(20,21)14-10-6-3-7-11-14/h2-11,15-16H,12,18H2,1H3. The van der Waals surface area contributed by atoms with Gasteiger partial charge >= 0.3 is 5.97 Å². The first-order chi connectivity index (χ1) is 11.0. The van der Waals surface area contributed by atoms with Crippen LogP contribution in [0.5, 0.6) is 0 Å². The van der Waals surface area contributed by atoms with Gasteiger partial charge < -0.3 is 10.5 Å². The minimum atomic E-state index is -3.59. The molecule has 0 bridgehead atoms. The Morgan fingerprint density at radius 2 is 1.57 bits per heavy atom. The second-order valence-electron chi connectivity index (χ2n) is 5.17. The highest BCUT2D eigenvalue weighted by Gasteiger charge is 2.32. The third-order valence-electron chi connectivity index (χ3n) is 3.56. The van der Waals surface area contributed by atoms with Crippen LogP contribution in [0.25, 0.3) is 0 Å². The summed E-state index contributed by atoms with van der Waals surface area (Å²) in [7, 11) is -2.33. The van der Waals surface area contributed by atoms with Gasteiger partial charge in [0.2, 0.25) is 0 Å². The highest BCUT2D eigenvalue weighted by Crippen LogP contribution is 2.23. The van der Waals surface area contributed by atoms with Gasteiger partial charge in [0.05, 0.1) is 23.7 Å². The van der Waals surface area contributed by atoms with Crippen molar-refractivity contribution >= 4 is 15.8 Å². The predicted octanol–water partition coefficient (Wildman–Crippen LogP) is 1.74. The van der Waals surface area contributed by atoms with Gasteiger partial charge in [0, 0.05) is 6.04 Å². The fourth-order valence-corrected chi connectivity index (χ4v) is 3.88. The minimum Gasteiger partial charge on any atom is -0.469 e. The van der Waals surface area contributed by atoms with Crippen molar-refractivity contribution in [1.29, 1.82) is 0 Å². The number of sulfone groups is 1. The van der Waals surface area contributed by atoms with Crippen LogP contribution in [0.4, 0.5) is 0 Å². The Morgan fingerprint density at radius 3 is 2.09 bits per heavy atom. The fourth-order valence-electron chi connectivity index (χ4n) is 2.42. The molecular formula is C17H19NO4S. The highest BCUT2D eigenvalue weighted by atomic mass is 32.2. The predicted molar refractivity (Wildman–Crippen MR) is 87.7 cm³/mol. The van der Waals surface area contributed by atoms with Crippen LogP contribution in [0.3, 0.4) is 0 Å². The summed E-state index contributed by atoms with van der Waals surface area (Å²) in [5.74, 6) is -1.72. The summed E-state index contributed by atoms with van der Waals surface area (Å²) in [4.78, 5) is 12.3. The van der Waals surface area contributed by atoms with E-state index in [2.05, 4.69) is 0 Å². The van der Waals surface area contributed by atoms with Crippen LogP contribution in [0, 0.1) is 0 Å². The molecule has 122 valence electrons. The third kappa shape index (κ3) is 4.18. The summed E-state index contributed by atoms with van der Waals surface area (Å²) in [5.41, 5.74) is 6.70. The lowest BCUT2D eigenvalue weighted by Crippen LogP contribution is -2.40. The molecule has 2 atom stereocenters. The van der Waals surface area contributed by atoms with E-state index in [-0.39, 0.29) is 10.6 Å². The van der Waals surface area contributed by atoms with Gasteiger partial charge in [0.1, 0.15) is 0 Å². The van der Waals surface area contributed by atoms with Gasteiger partial charge in [-0.05, 0) is 17.7 Å². The van der Waals surface area contributed by atoms with E-state index < -0.39 is 27.8 Å². The average molecular weight is 333 g/mol. The minimum absolute atomic E-state index is 0.187. The van der Waals surface area contributed by atoms with E-state index in [4.69, 9.17) is 10.5 Å². The molecule has 23 heavy (non-hydrogen) atoms. The van der Waals surface area contributed by atoms with E-state index in [1.54, 1.807) is 42.5 Å². The number of esters is 1. The summed E-state index contributed by atoms with van der Waals surface area (Å²) in [5, 5.41) is 0. The molecule has 0 saturated heterocycles. The molecule has 0 amide bonds. The molecule has 2 rings (SSSR count). The van der Waals surface area contributed by atoms with Gasteiger partial charge in [-0.1, -0.05) is 48.5 Å². The summed E-state index contributed by atoms with van der Waals surface area (Å²) in [6.45, 7) is 0. The number of benzene rings is 2. The Morgan fingerprint density at radius 1 is 1.04 bits per heavy atom. The molecule has 0 heterocycles. The summed E-state index contributed by atoms with van der Waals surface area (Å²) >= 11 is 0. The van der Waals surface area contributed by atoms with E-state index in [1.165, 1.54) is 19.2 Å². The number of nitrogens with two attached hydrogens (primary N) is 1. The molecule has 2 aromatic rings. The van der Waals surface area contributed by atoms with Crippen molar-refractivity contribution < 1.29 is 17.9 Å². The van der Waals surface area contributed by atoms with E-state index in [9.17, 15) is 13.2 Å². The molecule has 0 aliphatic rings. The van der Waals surface area contributed by atoms with Gasteiger partial charge in [-0.15, -0.1) is 0 Å². The first kappa shape index (κ1) is 17.2. The molecule has 0 aromatic heterocycles. The Hall–Kier alpha value is -2.18. The maximum absolute atomic E-state index is 12.5. The van der Waals surface area contributed by atoms with Crippen LogP contribution in [0.2, 0.25) is 0 Å². The zero-order chi connectivity index (χ0) is 16.9.